The van der Waals surface area contributed by atoms with E-state index in [0.717, 1.165) is 58.2 Å². The summed E-state index contributed by atoms with van der Waals surface area (Å²) in [6.07, 6.45) is 6.09. The number of hydrogen-bond donors (Lipinski definition) is 2. The topological polar surface area (TPSA) is 83.8 Å². The minimum Gasteiger partial charge on any atom is -0.385 e. The SMILES string of the molecule is COCCCn1c2c(c3ccccc31)CCN(C(=O)CCCCCCC(=O)NO)C2. The first kappa shape index (κ1) is 22.3. The molecule has 30 heavy (non-hydrogen) atoms. The highest BCUT2D eigenvalue weighted by molar-refractivity contribution is 5.86. The number of fused-ring (bicyclic) bond motifs is 3. The van der Waals surface area contributed by atoms with Gasteiger partial charge in [-0.2, -0.15) is 0 Å². The third-order valence-corrected chi connectivity index (χ3v) is 5.92. The van der Waals surface area contributed by atoms with E-state index in [-0.39, 0.29) is 11.8 Å². The van der Waals surface area contributed by atoms with Crippen molar-refractivity contribution in [3.8, 4) is 0 Å². The first-order valence-electron chi connectivity index (χ1n) is 10.9. The van der Waals surface area contributed by atoms with Crippen LogP contribution in [0.4, 0.5) is 0 Å². The van der Waals surface area contributed by atoms with Crippen LogP contribution in [-0.4, -0.2) is 46.8 Å². The van der Waals surface area contributed by atoms with Crippen molar-refractivity contribution in [1.29, 1.82) is 0 Å². The fraction of sp³-hybridized carbons (Fsp3) is 0.565. The Balaban J connectivity index is 1.57. The van der Waals surface area contributed by atoms with Gasteiger partial charge in [0.25, 0.3) is 0 Å². The van der Waals surface area contributed by atoms with Crippen molar-refractivity contribution in [1.82, 2.24) is 14.9 Å². The number of para-hydroxylation sites is 1. The molecule has 0 unspecified atom stereocenters. The second-order valence-electron chi connectivity index (χ2n) is 7.95. The molecule has 0 bridgehead atoms. The molecule has 1 aromatic carbocycles. The number of hydrogen-bond acceptors (Lipinski definition) is 4. The molecule has 0 saturated carbocycles. The van der Waals surface area contributed by atoms with E-state index in [2.05, 4.69) is 28.8 Å². The molecule has 2 heterocycles. The van der Waals surface area contributed by atoms with Crippen molar-refractivity contribution in [2.75, 3.05) is 20.3 Å². The summed E-state index contributed by atoms with van der Waals surface area (Å²) >= 11 is 0. The van der Waals surface area contributed by atoms with Gasteiger partial charge in [0, 0.05) is 56.2 Å². The summed E-state index contributed by atoms with van der Waals surface area (Å²) in [5.74, 6) is -0.140. The quantitative estimate of drug-likeness (QED) is 0.335. The van der Waals surface area contributed by atoms with Gasteiger partial charge in [-0.15, -0.1) is 0 Å². The van der Waals surface area contributed by atoms with Gasteiger partial charge in [-0.25, -0.2) is 5.48 Å². The number of aryl methyl sites for hydroxylation is 1. The number of aromatic nitrogens is 1. The number of methoxy groups -OCH3 is 1. The Morgan fingerprint density at radius 1 is 1.10 bits per heavy atom. The zero-order valence-corrected chi connectivity index (χ0v) is 17.9. The molecular weight excluding hydrogens is 382 g/mol. The zero-order valence-electron chi connectivity index (χ0n) is 17.9. The number of carbonyl (C=O) groups excluding carboxylic acids is 2. The van der Waals surface area contributed by atoms with Crippen LogP contribution in [0.2, 0.25) is 0 Å². The number of hydroxylamine groups is 1. The molecule has 2 aromatic rings. The van der Waals surface area contributed by atoms with Crippen molar-refractivity contribution in [3.05, 3.63) is 35.5 Å². The highest BCUT2D eigenvalue weighted by atomic mass is 16.5. The van der Waals surface area contributed by atoms with Crippen LogP contribution in [0, 0.1) is 0 Å². The van der Waals surface area contributed by atoms with Gasteiger partial charge in [-0.3, -0.25) is 14.8 Å². The summed E-state index contributed by atoms with van der Waals surface area (Å²) in [4.78, 5) is 25.8. The molecule has 0 spiro atoms. The van der Waals surface area contributed by atoms with Crippen molar-refractivity contribution in [2.45, 2.75) is 64.5 Å². The fourth-order valence-corrected chi connectivity index (χ4v) is 4.36. The third-order valence-electron chi connectivity index (χ3n) is 5.92. The predicted molar refractivity (Wildman–Crippen MR) is 115 cm³/mol. The molecule has 0 fully saturated rings. The summed E-state index contributed by atoms with van der Waals surface area (Å²) in [5, 5.41) is 9.80. The second kappa shape index (κ2) is 11.1. The molecular formula is C23H33N3O4. The van der Waals surface area contributed by atoms with E-state index in [4.69, 9.17) is 9.94 Å². The van der Waals surface area contributed by atoms with E-state index < -0.39 is 0 Å². The number of benzene rings is 1. The molecule has 2 amide bonds. The maximum absolute atomic E-state index is 12.8. The highest BCUT2D eigenvalue weighted by Crippen LogP contribution is 2.31. The Bertz CT molecular complexity index is 861. The van der Waals surface area contributed by atoms with Crippen LogP contribution in [0.1, 0.15) is 56.2 Å². The van der Waals surface area contributed by atoms with Crippen molar-refractivity contribution >= 4 is 22.7 Å². The van der Waals surface area contributed by atoms with Gasteiger partial charge in [0.2, 0.25) is 11.8 Å². The Morgan fingerprint density at radius 3 is 2.63 bits per heavy atom. The maximum Gasteiger partial charge on any atom is 0.243 e. The average Bonchev–Trinajstić information content (AvgIpc) is 3.09. The van der Waals surface area contributed by atoms with E-state index >= 15 is 0 Å². The minimum atomic E-state index is -0.351. The summed E-state index contributed by atoms with van der Waals surface area (Å²) < 4.78 is 7.61. The van der Waals surface area contributed by atoms with Crippen LogP contribution < -0.4 is 5.48 Å². The Kier molecular flexibility index (Phi) is 8.28. The summed E-state index contributed by atoms with van der Waals surface area (Å²) in [7, 11) is 1.73. The van der Waals surface area contributed by atoms with Crippen LogP contribution in [0.3, 0.4) is 0 Å². The molecule has 1 aliphatic heterocycles. The van der Waals surface area contributed by atoms with Gasteiger partial charge in [-0.1, -0.05) is 31.0 Å². The molecule has 1 aromatic heterocycles. The third kappa shape index (κ3) is 5.40. The predicted octanol–water partition coefficient (Wildman–Crippen LogP) is 3.41. The van der Waals surface area contributed by atoms with Gasteiger partial charge in [-0.05, 0) is 37.3 Å². The van der Waals surface area contributed by atoms with Gasteiger partial charge >= 0.3 is 0 Å². The summed E-state index contributed by atoms with van der Waals surface area (Å²) in [5.41, 5.74) is 5.55. The van der Waals surface area contributed by atoms with Gasteiger partial charge < -0.3 is 14.2 Å². The van der Waals surface area contributed by atoms with Crippen LogP contribution in [0.15, 0.2) is 24.3 Å². The number of amides is 2. The highest BCUT2D eigenvalue weighted by Gasteiger charge is 2.26. The lowest BCUT2D eigenvalue weighted by Gasteiger charge is -2.29. The molecule has 7 nitrogen and oxygen atoms in total. The Hall–Kier alpha value is -2.38. The van der Waals surface area contributed by atoms with E-state index in [1.165, 1.54) is 22.2 Å². The summed E-state index contributed by atoms with van der Waals surface area (Å²) in [6.45, 7) is 3.07. The number of nitrogens with one attached hydrogen (secondary N) is 1. The van der Waals surface area contributed by atoms with Crippen LogP contribution in [0.5, 0.6) is 0 Å². The summed E-state index contributed by atoms with van der Waals surface area (Å²) in [6, 6.07) is 8.52. The van der Waals surface area contributed by atoms with E-state index in [1.54, 1.807) is 12.6 Å². The van der Waals surface area contributed by atoms with Gasteiger partial charge in [0.05, 0.1) is 6.54 Å². The number of ether oxygens (including phenoxy) is 1. The standard InChI is InChI=1S/C23H33N3O4/c1-30-16-8-14-26-20-10-7-6-9-18(20)19-13-15-25(17-21(19)26)23(28)12-5-3-2-4-11-22(27)24-29/h6-7,9-10,29H,2-5,8,11-17H2,1H3,(H,24,27). The monoisotopic (exact) mass is 415 g/mol. The average molecular weight is 416 g/mol. The largest absolute Gasteiger partial charge is 0.385 e. The maximum atomic E-state index is 12.8. The lowest BCUT2D eigenvalue weighted by atomic mass is 10.0. The van der Waals surface area contributed by atoms with Crippen LogP contribution in [0.25, 0.3) is 10.9 Å². The number of rotatable bonds is 11. The van der Waals surface area contributed by atoms with Gasteiger partial charge in [0.1, 0.15) is 0 Å². The number of unbranched alkanes of at least 4 members (excludes halogenated alkanes) is 3. The van der Waals surface area contributed by atoms with Crippen molar-refractivity contribution in [3.63, 3.8) is 0 Å². The molecule has 1 aliphatic rings. The zero-order chi connectivity index (χ0) is 21.3. The van der Waals surface area contributed by atoms with Crippen molar-refractivity contribution in [2.24, 2.45) is 0 Å². The molecule has 0 saturated heterocycles. The van der Waals surface area contributed by atoms with Crippen LogP contribution >= 0.6 is 0 Å². The molecule has 164 valence electrons. The second-order valence-corrected chi connectivity index (χ2v) is 7.95. The molecule has 0 aliphatic carbocycles. The Morgan fingerprint density at radius 2 is 1.87 bits per heavy atom. The lowest BCUT2D eigenvalue weighted by Crippen LogP contribution is -2.36. The molecule has 0 atom stereocenters. The minimum absolute atomic E-state index is 0.211. The number of carbonyl (C=O) groups is 2. The van der Waals surface area contributed by atoms with E-state index in [0.29, 0.717) is 19.4 Å². The van der Waals surface area contributed by atoms with Gasteiger partial charge in [0.15, 0.2) is 0 Å². The fourth-order valence-electron chi connectivity index (χ4n) is 4.36. The molecule has 0 radical (unpaired) electrons. The lowest BCUT2D eigenvalue weighted by molar-refractivity contribution is -0.132. The van der Waals surface area contributed by atoms with Crippen molar-refractivity contribution < 1.29 is 19.5 Å². The molecule has 3 rings (SSSR count). The molecule has 7 heteroatoms. The first-order chi connectivity index (χ1) is 14.7. The smallest absolute Gasteiger partial charge is 0.243 e. The van der Waals surface area contributed by atoms with Crippen LogP contribution in [-0.2, 0) is 33.8 Å². The van der Waals surface area contributed by atoms with E-state index in [1.807, 2.05) is 4.90 Å². The Labute approximate surface area is 177 Å². The first-order valence-corrected chi connectivity index (χ1v) is 10.9. The number of nitrogens with zero attached hydrogens (tertiary/aromatic N) is 2. The molecule has 2 N–H and O–H groups in total. The normalized spacial score (nSPS) is 13.5. The van der Waals surface area contributed by atoms with E-state index in [9.17, 15) is 9.59 Å².